The molecule has 0 saturated carbocycles. The van der Waals surface area contributed by atoms with Gasteiger partial charge in [-0.05, 0) is 26.8 Å². The predicted octanol–water partition coefficient (Wildman–Crippen LogP) is 4.80. The molecule has 4 bridgehead atoms. The van der Waals surface area contributed by atoms with E-state index in [1.807, 2.05) is 12.1 Å². The number of nitrogens with zero attached hydrogens (tertiary/aromatic N) is 6. The normalized spacial score (nSPS) is 21.6. The summed E-state index contributed by atoms with van der Waals surface area (Å²) in [5.41, 5.74) is 1.42. The highest BCUT2D eigenvalue weighted by Gasteiger charge is 2.29. The van der Waals surface area contributed by atoms with Crippen molar-refractivity contribution in [2.45, 2.75) is 32.2 Å². The third kappa shape index (κ3) is 9.07. The molecule has 1 aromatic heterocycles. The third-order valence-corrected chi connectivity index (χ3v) is 10.5. The first-order valence-electron chi connectivity index (χ1n) is 16.3. The zero-order valence-corrected chi connectivity index (χ0v) is 30.3. The van der Waals surface area contributed by atoms with Gasteiger partial charge in [0.15, 0.2) is 11.6 Å². The van der Waals surface area contributed by atoms with Crippen LogP contribution >= 0.6 is 11.6 Å². The fourth-order valence-corrected chi connectivity index (χ4v) is 6.56. The lowest BCUT2D eigenvalue weighted by Crippen LogP contribution is -2.52. The number of hydrogen-bond acceptors (Lipinski definition) is 12. The molecule has 3 aliphatic heterocycles. The lowest BCUT2D eigenvalue weighted by Gasteiger charge is -2.42. The molecule has 2 saturated heterocycles. The minimum Gasteiger partial charge on any atom is -0.495 e. The largest absolute Gasteiger partial charge is 0.495 e. The highest BCUT2D eigenvalue weighted by atomic mass is 35.5. The van der Waals surface area contributed by atoms with Crippen molar-refractivity contribution in [3.05, 3.63) is 59.0 Å². The number of nitrogens with one attached hydrogen (secondary N) is 2. The van der Waals surface area contributed by atoms with E-state index in [0.29, 0.717) is 36.3 Å². The number of fused-ring (bicyclic) bond motifs is 4. The van der Waals surface area contributed by atoms with E-state index in [0.717, 1.165) is 74.4 Å². The van der Waals surface area contributed by atoms with Crippen molar-refractivity contribution in [2.24, 2.45) is 0 Å². The molecule has 0 unspecified atom stereocenters. The number of piperidine rings is 1. The first-order valence-corrected chi connectivity index (χ1v) is 18.5. The Labute approximate surface area is 293 Å². The summed E-state index contributed by atoms with van der Waals surface area (Å²) in [4.78, 5) is 16.2. The fourth-order valence-electron chi connectivity index (χ4n) is 5.93. The van der Waals surface area contributed by atoms with Gasteiger partial charge in [-0.2, -0.15) is 4.98 Å². The maximum atomic E-state index is 15.5. The van der Waals surface area contributed by atoms with Crippen LogP contribution in [0.2, 0.25) is 5.02 Å². The van der Waals surface area contributed by atoms with Crippen LogP contribution in [0.5, 0.6) is 11.5 Å². The summed E-state index contributed by atoms with van der Waals surface area (Å²) < 4.78 is 58.9. The van der Waals surface area contributed by atoms with Gasteiger partial charge >= 0.3 is 0 Å². The van der Waals surface area contributed by atoms with Crippen LogP contribution in [-0.4, -0.2) is 118 Å². The second-order valence-corrected chi connectivity index (χ2v) is 14.8. The van der Waals surface area contributed by atoms with Crippen LogP contribution in [0.4, 0.5) is 27.5 Å². The van der Waals surface area contributed by atoms with Gasteiger partial charge in [0.05, 0.1) is 55.5 Å². The Hall–Kier alpha value is -3.79. The van der Waals surface area contributed by atoms with E-state index in [1.54, 1.807) is 7.11 Å². The molecule has 0 atom stereocenters. The van der Waals surface area contributed by atoms with Gasteiger partial charge < -0.3 is 34.6 Å². The number of halogens is 2. The summed E-state index contributed by atoms with van der Waals surface area (Å²) >= 11 is 6.46. The van der Waals surface area contributed by atoms with E-state index >= 15 is 4.39 Å². The third-order valence-electron chi connectivity index (χ3n) is 9.04. The van der Waals surface area contributed by atoms with Crippen molar-refractivity contribution >= 4 is 44.8 Å². The minimum absolute atomic E-state index is 0.00482. The number of anilines is 4. The molecule has 5 rings (SSSR count). The molecular formula is C33H46ClFN8O5S. The molecule has 0 spiro atoms. The van der Waals surface area contributed by atoms with Crippen molar-refractivity contribution in [1.29, 1.82) is 0 Å². The number of benzene rings is 1. The number of likely N-dealkylation sites (N-methyl/N-ethyl adjacent to an activating group) is 2. The summed E-state index contributed by atoms with van der Waals surface area (Å²) in [6, 6.07) is 4.38. The van der Waals surface area contributed by atoms with Crippen LogP contribution in [0.25, 0.3) is 0 Å². The van der Waals surface area contributed by atoms with Gasteiger partial charge in [0.1, 0.15) is 22.3 Å². The summed E-state index contributed by atoms with van der Waals surface area (Å²) in [5.74, 6) is 0.713. The van der Waals surface area contributed by atoms with Gasteiger partial charge in [-0.15, -0.1) is 0 Å². The zero-order valence-electron chi connectivity index (χ0n) is 28.8. The van der Waals surface area contributed by atoms with Crippen LogP contribution in [0.3, 0.4) is 0 Å². The molecule has 0 radical (unpaired) electrons. The Balaban J connectivity index is 1.46. The summed E-state index contributed by atoms with van der Waals surface area (Å²) in [5, 5.41) is 6.24. The minimum atomic E-state index is -3.73. The van der Waals surface area contributed by atoms with Gasteiger partial charge in [-0.3, -0.25) is 9.21 Å². The highest BCUT2D eigenvalue weighted by molar-refractivity contribution is 7.88. The van der Waals surface area contributed by atoms with Crippen LogP contribution < -0.4 is 25.0 Å². The number of rotatable bonds is 6. The Morgan fingerprint density at radius 3 is 2.49 bits per heavy atom. The van der Waals surface area contributed by atoms with E-state index in [9.17, 15) is 8.42 Å². The van der Waals surface area contributed by atoms with Crippen molar-refractivity contribution in [1.82, 2.24) is 24.1 Å². The molecule has 2 N–H and O–H groups in total. The first-order chi connectivity index (χ1) is 23.3. The monoisotopic (exact) mass is 720 g/mol. The molecule has 0 aliphatic carbocycles. The smallest absolute Gasteiger partial charge is 0.232 e. The van der Waals surface area contributed by atoms with E-state index in [1.165, 1.54) is 20.2 Å². The molecule has 13 nitrogen and oxygen atoms in total. The SMILES string of the molecule is C=C(/C1=C\C(F)=C(/C)OCCCOc2cc(c(OC)cc2N2CCC(N3CCN(C)CC3)CC2)Nc2ncc(Cl)c(n2)N1)N(C)S(C)(=O)=O. The highest BCUT2D eigenvalue weighted by Crippen LogP contribution is 2.41. The number of aromatic nitrogens is 2. The quantitative estimate of drug-likeness (QED) is 0.426. The van der Waals surface area contributed by atoms with Crippen LogP contribution in [-0.2, 0) is 14.8 Å². The van der Waals surface area contributed by atoms with Crippen molar-refractivity contribution < 1.29 is 27.0 Å². The molecule has 16 heteroatoms. The standard InChI is InChI=1S/C33H46ClFN8O5S/c1-22(41(4)49(6,44)45)27-18-26(35)23(2)47-16-7-17-48-31-19-28(38-33-36-21-25(34)32(37-27)39-33)30(46-5)20-29(31)43-10-8-24(9-11-43)42-14-12-40(3)13-15-42/h18-21,24H,1,7-17H2,2-6H3,(H2,36,37,38,39)/b26-23-,27-18+. The number of sulfonamides is 1. The fraction of sp³-hybridized carbons (Fsp3) is 0.515. The Bertz CT molecular complexity index is 1690. The summed E-state index contributed by atoms with van der Waals surface area (Å²) in [6.07, 6.45) is 6.05. The van der Waals surface area contributed by atoms with Gasteiger partial charge in [0.25, 0.3) is 0 Å². The van der Waals surface area contributed by atoms with Gasteiger partial charge in [0.2, 0.25) is 16.0 Å². The Kier molecular flexibility index (Phi) is 11.8. The average molecular weight is 721 g/mol. The summed E-state index contributed by atoms with van der Waals surface area (Å²) in [7, 11) is 1.36. The maximum Gasteiger partial charge on any atom is 0.232 e. The topological polar surface area (TPSA) is 125 Å². The van der Waals surface area contributed by atoms with Crippen molar-refractivity contribution in [2.75, 3.05) is 95.5 Å². The second-order valence-electron chi connectivity index (χ2n) is 12.4. The molecule has 49 heavy (non-hydrogen) atoms. The zero-order chi connectivity index (χ0) is 35.3. The molecule has 2 aromatic rings. The second kappa shape index (κ2) is 15.8. The molecule has 3 aliphatic rings. The molecule has 4 heterocycles. The van der Waals surface area contributed by atoms with Crippen molar-refractivity contribution in [3.8, 4) is 11.5 Å². The molecular weight excluding hydrogens is 675 g/mol. The number of ether oxygens (including phenoxy) is 3. The summed E-state index contributed by atoms with van der Waals surface area (Å²) in [6.45, 7) is 12.0. The predicted molar refractivity (Wildman–Crippen MR) is 191 cm³/mol. The van der Waals surface area contributed by atoms with Gasteiger partial charge in [-0.25, -0.2) is 17.8 Å². The molecule has 0 amide bonds. The molecule has 1 aromatic carbocycles. The number of methoxy groups -OCH3 is 1. The average Bonchev–Trinajstić information content (AvgIpc) is 3.08. The van der Waals surface area contributed by atoms with E-state index in [2.05, 4.69) is 48.9 Å². The Morgan fingerprint density at radius 2 is 1.82 bits per heavy atom. The van der Waals surface area contributed by atoms with E-state index in [-0.39, 0.29) is 40.5 Å². The van der Waals surface area contributed by atoms with Crippen molar-refractivity contribution in [3.63, 3.8) is 0 Å². The van der Waals surface area contributed by atoms with E-state index < -0.39 is 15.9 Å². The lowest BCUT2D eigenvalue weighted by molar-refractivity contribution is 0.0981. The number of piperazine rings is 1. The molecule has 268 valence electrons. The van der Waals surface area contributed by atoms with Gasteiger partial charge in [-0.1, -0.05) is 18.2 Å². The number of allylic oxidation sites excluding steroid dienone is 3. The van der Waals surface area contributed by atoms with E-state index in [4.69, 9.17) is 25.8 Å². The van der Waals surface area contributed by atoms with Gasteiger partial charge in [0, 0.05) is 77.0 Å². The number of hydrogen-bond donors (Lipinski definition) is 2. The van der Waals surface area contributed by atoms with Crippen LogP contribution in [0.15, 0.2) is 54.0 Å². The maximum absolute atomic E-state index is 15.5. The van der Waals surface area contributed by atoms with Crippen LogP contribution in [0.1, 0.15) is 26.2 Å². The van der Waals surface area contributed by atoms with Crippen LogP contribution in [0, 0.1) is 0 Å². The lowest BCUT2D eigenvalue weighted by atomic mass is 10.0. The first kappa shape index (κ1) is 36.5. The Morgan fingerprint density at radius 1 is 1.12 bits per heavy atom. The molecule has 2 fully saturated rings.